The molecule has 2 aliphatic heterocycles. The molecule has 3 N–H and O–H groups in total. The van der Waals surface area contributed by atoms with E-state index < -0.39 is 5.41 Å². The van der Waals surface area contributed by atoms with Crippen LogP contribution in [-0.4, -0.2) is 64.4 Å². The van der Waals surface area contributed by atoms with Gasteiger partial charge in [-0.3, -0.25) is 14.8 Å². The molecule has 2 aromatic carbocycles. The maximum atomic E-state index is 13.6. The van der Waals surface area contributed by atoms with E-state index in [1.54, 1.807) is 0 Å². The van der Waals surface area contributed by atoms with Crippen LogP contribution < -0.4 is 5.73 Å². The number of aryl methyl sites for hydroxylation is 3. The Bertz CT molecular complexity index is 1640. The Labute approximate surface area is 261 Å². The third kappa shape index (κ3) is 6.10. The van der Waals surface area contributed by atoms with Gasteiger partial charge in [-0.15, -0.1) is 0 Å². The SMILES string of the molecule is Cc1cc(C)cc(-c2[nH]c3ccc(C(C)(C)C(=O)N4CCCC4)cc3c2CCCN=C(N)N2CCC(c3ccncc3)C2)c1. The summed E-state index contributed by atoms with van der Waals surface area (Å²) in [4.78, 5) is 30.5. The highest BCUT2D eigenvalue weighted by molar-refractivity contribution is 5.94. The number of nitrogens with two attached hydrogens (primary N) is 1. The van der Waals surface area contributed by atoms with Crippen LogP contribution in [0, 0.1) is 13.8 Å². The van der Waals surface area contributed by atoms with E-state index in [0.29, 0.717) is 18.4 Å². The molecule has 4 heterocycles. The number of H-pyrrole nitrogens is 1. The third-order valence-corrected chi connectivity index (χ3v) is 9.61. The van der Waals surface area contributed by atoms with Crippen molar-refractivity contribution in [3.8, 4) is 11.3 Å². The standard InChI is InChI=1S/C37H46N6O/c1-25-20-26(2)22-29(21-25)34-31(8-7-14-40-36(38)43-19-13-28(24-43)27-11-15-39-16-12-27)32-23-30(9-10-33(32)41-34)37(3,4)35(44)42-17-5-6-18-42/h9-12,15-16,20-23,28,41H,5-8,13-14,17-19,24H2,1-4H3,(H2,38,40). The van der Waals surface area contributed by atoms with Gasteiger partial charge in [-0.05, 0) is 118 Å². The maximum absolute atomic E-state index is 13.6. The van der Waals surface area contributed by atoms with Crippen LogP contribution in [0.15, 0.2) is 65.9 Å². The van der Waals surface area contributed by atoms with Crippen molar-refractivity contribution in [2.24, 2.45) is 10.7 Å². The number of hydrogen-bond acceptors (Lipinski definition) is 3. The summed E-state index contributed by atoms with van der Waals surface area (Å²) in [7, 11) is 0. The Morgan fingerprint density at radius 2 is 1.73 bits per heavy atom. The average Bonchev–Trinajstić information content (AvgIpc) is 3.79. The molecule has 0 aliphatic carbocycles. The molecule has 0 bridgehead atoms. The van der Waals surface area contributed by atoms with E-state index in [0.717, 1.165) is 75.1 Å². The molecule has 6 rings (SSSR count). The number of amides is 1. The first-order valence-electron chi connectivity index (χ1n) is 16.2. The number of hydrogen-bond donors (Lipinski definition) is 2. The summed E-state index contributed by atoms with van der Waals surface area (Å²) < 4.78 is 0. The normalized spacial score (nSPS) is 17.6. The molecule has 2 saturated heterocycles. The fraction of sp³-hybridized carbons (Fsp3) is 0.432. The summed E-state index contributed by atoms with van der Waals surface area (Å²) in [5.41, 5.74) is 15.5. The zero-order chi connectivity index (χ0) is 30.8. The Morgan fingerprint density at radius 3 is 2.45 bits per heavy atom. The highest BCUT2D eigenvalue weighted by Crippen LogP contribution is 2.36. The number of aliphatic imine (C=N–C) groups is 1. The minimum atomic E-state index is -0.588. The number of aromatic amines is 1. The monoisotopic (exact) mass is 590 g/mol. The number of likely N-dealkylation sites (tertiary alicyclic amines) is 2. The lowest BCUT2D eigenvalue weighted by Crippen LogP contribution is -2.41. The van der Waals surface area contributed by atoms with Crippen molar-refractivity contribution < 1.29 is 4.79 Å². The molecule has 0 saturated carbocycles. The number of rotatable bonds is 8. The van der Waals surface area contributed by atoms with E-state index in [9.17, 15) is 4.79 Å². The van der Waals surface area contributed by atoms with Gasteiger partial charge in [0.2, 0.25) is 5.91 Å². The Kier molecular flexibility index (Phi) is 8.48. The summed E-state index contributed by atoms with van der Waals surface area (Å²) in [5.74, 6) is 1.33. The molecule has 1 amide bonds. The van der Waals surface area contributed by atoms with Crippen molar-refractivity contribution in [1.29, 1.82) is 0 Å². The highest BCUT2D eigenvalue weighted by Gasteiger charge is 2.35. The van der Waals surface area contributed by atoms with Gasteiger partial charge in [0.15, 0.2) is 5.96 Å². The Balaban J connectivity index is 1.24. The minimum Gasteiger partial charge on any atom is -0.370 e. The van der Waals surface area contributed by atoms with E-state index in [4.69, 9.17) is 10.7 Å². The van der Waals surface area contributed by atoms with Crippen LogP contribution in [0.25, 0.3) is 22.2 Å². The number of aromatic nitrogens is 2. The fourth-order valence-electron chi connectivity index (χ4n) is 7.13. The van der Waals surface area contributed by atoms with Gasteiger partial charge in [-0.1, -0.05) is 23.3 Å². The van der Waals surface area contributed by atoms with E-state index in [1.165, 1.54) is 33.2 Å². The van der Waals surface area contributed by atoms with Crippen molar-refractivity contribution in [2.75, 3.05) is 32.7 Å². The van der Waals surface area contributed by atoms with Crippen molar-refractivity contribution in [3.63, 3.8) is 0 Å². The summed E-state index contributed by atoms with van der Waals surface area (Å²) in [5, 5.41) is 1.19. The molecule has 230 valence electrons. The number of carbonyl (C=O) groups is 1. The summed E-state index contributed by atoms with van der Waals surface area (Å²) >= 11 is 0. The van der Waals surface area contributed by atoms with E-state index in [2.05, 4.69) is 91.1 Å². The first kappa shape index (κ1) is 29.9. The molecule has 44 heavy (non-hydrogen) atoms. The molecule has 4 aromatic rings. The van der Waals surface area contributed by atoms with E-state index in [1.807, 2.05) is 17.3 Å². The van der Waals surface area contributed by atoms with Crippen LogP contribution in [0.2, 0.25) is 0 Å². The van der Waals surface area contributed by atoms with Gasteiger partial charge in [0.1, 0.15) is 0 Å². The number of carbonyl (C=O) groups excluding carboxylic acids is 1. The lowest BCUT2D eigenvalue weighted by molar-refractivity contribution is -0.135. The average molecular weight is 591 g/mol. The molecular formula is C37H46N6O. The number of fused-ring (bicyclic) bond motifs is 1. The molecule has 1 unspecified atom stereocenters. The summed E-state index contributed by atoms with van der Waals surface area (Å²) in [6.07, 6.45) is 8.74. The predicted octanol–water partition coefficient (Wildman–Crippen LogP) is 6.48. The number of benzene rings is 2. The molecule has 0 radical (unpaired) electrons. The number of nitrogens with zero attached hydrogens (tertiary/aromatic N) is 4. The van der Waals surface area contributed by atoms with Gasteiger partial charge in [0, 0.05) is 67.6 Å². The number of guanidine groups is 1. The van der Waals surface area contributed by atoms with Crippen LogP contribution in [0.3, 0.4) is 0 Å². The predicted molar refractivity (Wildman–Crippen MR) is 180 cm³/mol. The third-order valence-electron chi connectivity index (χ3n) is 9.61. The highest BCUT2D eigenvalue weighted by atomic mass is 16.2. The lowest BCUT2D eigenvalue weighted by atomic mass is 9.82. The topological polar surface area (TPSA) is 90.6 Å². The molecule has 2 aromatic heterocycles. The van der Waals surface area contributed by atoms with Gasteiger partial charge < -0.3 is 20.5 Å². The largest absolute Gasteiger partial charge is 0.370 e. The Hall–Kier alpha value is -4.13. The molecule has 7 heteroatoms. The van der Waals surface area contributed by atoms with Gasteiger partial charge in [-0.25, -0.2) is 0 Å². The van der Waals surface area contributed by atoms with Gasteiger partial charge in [0.05, 0.1) is 5.41 Å². The van der Waals surface area contributed by atoms with Crippen molar-refractivity contribution in [1.82, 2.24) is 19.8 Å². The van der Waals surface area contributed by atoms with Crippen molar-refractivity contribution >= 4 is 22.8 Å². The van der Waals surface area contributed by atoms with Crippen LogP contribution >= 0.6 is 0 Å². The Morgan fingerprint density at radius 1 is 1.00 bits per heavy atom. The molecular weight excluding hydrogens is 544 g/mol. The zero-order valence-corrected chi connectivity index (χ0v) is 26.7. The molecule has 7 nitrogen and oxygen atoms in total. The van der Waals surface area contributed by atoms with E-state index in [-0.39, 0.29) is 5.91 Å². The quantitative estimate of drug-likeness (QED) is 0.140. The lowest BCUT2D eigenvalue weighted by Gasteiger charge is -2.29. The number of pyridine rings is 1. The summed E-state index contributed by atoms with van der Waals surface area (Å²) in [6.45, 7) is 12.7. The second-order valence-corrected chi connectivity index (χ2v) is 13.3. The second kappa shape index (κ2) is 12.5. The van der Waals surface area contributed by atoms with Crippen molar-refractivity contribution in [3.05, 3.63) is 88.7 Å². The number of nitrogens with one attached hydrogen (secondary N) is 1. The van der Waals surface area contributed by atoms with E-state index >= 15 is 0 Å². The first-order valence-corrected chi connectivity index (χ1v) is 16.2. The molecule has 2 fully saturated rings. The van der Waals surface area contributed by atoms with Gasteiger partial charge >= 0.3 is 0 Å². The van der Waals surface area contributed by atoms with Crippen LogP contribution in [0.1, 0.15) is 73.3 Å². The molecule has 0 spiro atoms. The molecule has 1 atom stereocenters. The van der Waals surface area contributed by atoms with Gasteiger partial charge in [-0.2, -0.15) is 0 Å². The van der Waals surface area contributed by atoms with Gasteiger partial charge in [0.25, 0.3) is 0 Å². The first-order chi connectivity index (χ1) is 21.2. The van der Waals surface area contributed by atoms with Crippen LogP contribution in [0.5, 0.6) is 0 Å². The zero-order valence-electron chi connectivity index (χ0n) is 26.7. The second-order valence-electron chi connectivity index (χ2n) is 13.3. The van der Waals surface area contributed by atoms with Crippen molar-refractivity contribution in [2.45, 2.75) is 71.1 Å². The fourth-order valence-corrected chi connectivity index (χ4v) is 7.13. The van der Waals surface area contributed by atoms with Crippen LogP contribution in [0.4, 0.5) is 0 Å². The smallest absolute Gasteiger partial charge is 0.232 e. The summed E-state index contributed by atoms with van der Waals surface area (Å²) in [6, 6.07) is 17.5. The minimum absolute atomic E-state index is 0.221. The van der Waals surface area contributed by atoms with Crippen LogP contribution in [-0.2, 0) is 16.6 Å². The molecule has 2 aliphatic rings. The maximum Gasteiger partial charge on any atom is 0.232 e.